The average Bonchev–Trinajstić information content (AvgIpc) is 3.31. The lowest BCUT2D eigenvalue weighted by atomic mass is 10.1. The zero-order valence-corrected chi connectivity index (χ0v) is 20.2. The predicted octanol–water partition coefficient (Wildman–Crippen LogP) is 2.86. The van der Waals surface area contributed by atoms with E-state index < -0.39 is 0 Å². The predicted molar refractivity (Wildman–Crippen MR) is 131 cm³/mol. The van der Waals surface area contributed by atoms with Crippen LogP contribution in [0.4, 0.5) is 0 Å². The molecule has 0 saturated carbocycles. The molecule has 4 aromatic rings. The molecule has 33 heavy (non-hydrogen) atoms. The third kappa shape index (κ3) is 3.27. The first kappa shape index (κ1) is 21.7. The maximum Gasteiger partial charge on any atom is 0.332 e. The first-order chi connectivity index (χ1) is 15.8. The molecule has 1 aliphatic heterocycles. The Morgan fingerprint density at radius 3 is 2.39 bits per heavy atom. The Kier molecular flexibility index (Phi) is 5.28. The van der Waals surface area contributed by atoms with E-state index in [1.54, 1.807) is 7.05 Å². The van der Waals surface area contributed by atoms with Crippen LogP contribution in [-0.2, 0) is 13.6 Å². The molecule has 0 radical (unpaired) electrons. The molecule has 0 amide bonds. The van der Waals surface area contributed by atoms with Gasteiger partial charge in [0.25, 0.3) is 5.56 Å². The van der Waals surface area contributed by atoms with Gasteiger partial charge in [-0.05, 0) is 70.8 Å². The van der Waals surface area contributed by atoms with E-state index in [4.69, 9.17) is 4.98 Å². The molecule has 0 atom stereocenters. The number of nitrogens with zero attached hydrogens (tertiary/aromatic N) is 6. The summed E-state index contributed by atoms with van der Waals surface area (Å²) in [6.07, 6.45) is 3.62. The van der Waals surface area contributed by atoms with Crippen LogP contribution in [0, 0.1) is 27.7 Å². The topological polar surface area (TPSA) is 69.5 Å². The fourth-order valence-electron chi connectivity index (χ4n) is 5.14. The fourth-order valence-corrected chi connectivity index (χ4v) is 5.14. The summed E-state index contributed by atoms with van der Waals surface area (Å²) in [7, 11) is 1.71. The van der Waals surface area contributed by atoms with Crippen molar-refractivity contribution in [2.45, 2.75) is 53.5 Å². The molecular weight excluding hydrogens is 416 g/mol. The Balaban J connectivity index is 1.73. The first-order valence-electron chi connectivity index (χ1n) is 11.8. The van der Waals surface area contributed by atoms with Gasteiger partial charge >= 0.3 is 5.69 Å². The number of likely N-dealkylation sites (tertiary alicyclic amines) is 1. The number of piperidine rings is 1. The Morgan fingerprint density at radius 1 is 0.939 bits per heavy atom. The lowest BCUT2D eigenvalue weighted by Gasteiger charge is -2.26. The number of aryl methyl sites for hydroxylation is 3. The lowest BCUT2D eigenvalue weighted by molar-refractivity contribution is 0.218. The van der Waals surface area contributed by atoms with E-state index in [-0.39, 0.29) is 11.2 Å². The molecule has 3 aromatic heterocycles. The van der Waals surface area contributed by atoms with E-state index in [2.05, 4.69) is 42.4 Å². The van der Waals surface area contributed by atoms with Gasteiger partial charge in [-0.2, -0.15) is 4.98 Å². The van der Waals surface area contributed by atoms with E-state index in [1.165, 1.54) is 34.0 Å². The van der Waals surface area contributed by atoms with Crippen LogP contribution in [0.25, 0.3) is 22.6 Å². The van der Waals surface area contributed by atoms with Gasteiger partial charge in [0.2, 0.25) is 5.78 Å². The molecule has 0 spiro atoms. The summed E-state index contributed by atoms with van der Waals surface area (Å²) >= 11 is 0. The van der Waals surface area contributed by atoms with Crippen LogP contribution in [0.3, 0.4) is 0 Å². The van der Waals surface area contributed by atoms with E-state index in [0.29, 0.717) is 30.0 Å². The molecule has 8 nitrogen and oxygen atoms in total. The third-order valence-electron chi connectivity index (χ3n) is 7.42. The quantitative estimate of drug-likeness (QED) is 0.481. The van der Waals surface area contributed by atoms with Gasteiger partial charge in [-0.15, -0.1) is 0 Å². The molecule has 5 rings (SSSR count). The van der Waals surface area contributed by atoms with Crippen LogP contribution >= 0.6 is 0 Å². The molecule has 0 bridgehead atoms. The second kappa shape index (κ2) is 8.02. The summed E-state index contributed by atoms with van der Waals surface area (Å²) in [5, 5.41) is 0. The maximum absolute atomic E-state index is 13.6. The second-order valence-electron chi connectivity index (χ2n) is 9.35. The molecule has 174 valence electrons. The molecule has 1 saturated heterocycles. The van der Waals surface area contributed by atoms with Gasteiger partial charge in [0.1, 0.15) is 0 Å². The zero-order chi connectivity index (χ0) is 23.4. The van der Waals surface area contributed by atoms with E-state index in [9.17, 15) is 9.59 Å². The highest BCUT2D eigenvalue weighted by Crippen LogP contribution is 2.27. The highest BCUT2D eigenvalue weighted by molar-refractivity contribution is 5.77. The highest BCUT2D eigenvalue weighted by atomic mass is 16.2. The van der Waals surface area contributed by atoms with Gasteiger partial charge in [-0.3, -0.25) is 22.9 Å². The monoisotopic (exact) mass is 448 g/mol. The van der Waals surface area contributed by atoms with Crippen LogP contribution in [0.5, 0.6) is 0 Å². The molecule has 0 unspecified atom stereocenters. The van der Waals surface area contributed by atoms with Gasteiger partial charge in [-0.25, -0.2) is 4.79 Å². The van der Waals surface area contributed by atoms with Crippen molar-refractivity contribution in [3.8, 4) is 5.69 Å². The van der Waals surface area contributed by atoms with Crippen molar-refractivity contribution < 1.29 is 0 Å². The SMILES string of the molecule is Cc1cccc(-n2c(C)c(C)n3c4c(=O)n(CCN5CCCCC5)c(=O)n(C)c4nc23)c1C. The molecule has 0 N–H and O–H groups in total. The molecular formula is C25H32N6O2. The molecule has 1 fully saturated rings. The number of imidazole rings is 2. The minimum absolute atomic E-state index is 0.265. The summed E-state index contributed by atoms with van der Waals surface area (Å²) in [6.45, 7) is 11.4. The van der Waals surface area contributed by atoms with Crippen molar-refractivity contribution in [3.63, 3.8) is 0 Å². The fraction of sp³-hybridized carbons (Fsp3) is 0.480. The van der Waals surface area contributed by atoms with E-state index in [1.807, 2.05) is 17.4 Å². The Hall–Kier alpha value is -3.13. The smallest absolute Gasteiger partial charge is 0.302 e. The first-order valence-corrected chi connectivity index (χ1v) is 11.8. The van der Waals surface area contributed by atoms with Crippen molar-refractivity contribution in [2.24, 2.45) is 7.05 Å². The minimum Gasteiger partial charge on any atom is -0.302 e. The second-order valence-corrected chi connectivity index (χ2v) is 9.35. The summed E-state index contributed by atoms with van der Waals surface area (Å²) in [6, 6.07) is 6.20. The maximum atomic E-state index is 13.6. The van der Waals surface area contributed by atoms with Crippen molar-refractivity contribution in [1.29, 1.82) is 0 Å². The Morgan fingerprint density at radius 2 is 1.67 bits per heavy atom. The summed E-state index contributed by atoms with van der Waals surface area (Å²) in [4.78, 5) is 33.9. The summed E-state index contributed by atoms with van der Waals surface area (Å²) in [5.74, 6) is 0.662. The number of hydrogen-bond acceptors (Lipinski definition) is 4. The van der Waals surface area contributed by atoms with E-state index in [0.717, 1.165) is 35.7 Å². The van der Waals surface area contributed by atoms with Gasteiger partial charge in [0.15, 0.2) is 11.2 Å². The summed E-state index contributed by atoms with van der Waals surface area (Å²) in [5.41, 5.74) is 5.70. The molecule has 0 aliphatic carbocycles. The van der Waals surface area contributed by atoms with Crippen LogP contribution in [0.15, 0.2) is 27.8 Å². The van der Waals surface area contributed by atoms with Crippen LogP contribution < -0.4 is 11.2 Å². The van der Waals surface area contributed by atoms with Gasteiger partial charge in [0.05, 0.1) is 5.69 Å². The van der Waals surface area contributed by atoms with Gasteiger partial charge in [-0.1, -0.05) is 18.6 Å². The van der Waals surface area contributed by atoms with E-state index >= 15 is 0 Å². The van der Waals surface area contributed by atoms with Crippen molar-refractivity contribution >= 4 is 16.9 Å². The number of hydrogen-bond donors (Lipinski definition) is 0. The number of fused-ring (bicyclic) bond motifs is 3. The van der Waals surface area contributed by atoms with Crippen molar-refractivity contribution in [2.75, 3.05) is 19.6 Å². The van der Waals surface area contributed by atoms with Crippen molar-refractivity contribution in [3.05, 3.63) is 61.6 Å². The van der Waals surface area contributed by atoms with Crippen LogP contribution in [0.2, 0.25) is 0 Å². The lowest BCUT2D eigenvalue weighted by Crippen LogP contribution is -2.43. The minimum atomic E-state index is -0.307. The van der Waals surface area contributed by atoms with Crippen LogP contribution in [0.1, 0.15) is 41.8 Å². The number of aromatic nitrogens is 5. The van der Waals surface area contributed by atoms with Gasteiger partial charge in [0, 0.05) is 31.5 Å². The summed E-state index contributed by atoms with van der Waals surface area (Å²) < 4.78 is 6.92. The Bertz CT molecular complexity index is 1490. The molecule has 1 aromatic carbocycles. The molecule has 1 aliphatic rings. The van der Waals surface area contributed by atoms with Crippen molar-refractivity contribution in [1.82, 2.24) is 28.0 Å². The normalized spacial score (nSPS) is 15.2. The Labute approximate surface area is 192 Å². The zero-order valence-electron chi connectivity index (χ0n) is 20.2. The highest BCUT2D eigenvalue weighted by Gasteiger charge is 2.24. The third-order valence-corrected chi connectivity index (χ3v) is 7.42. The number of rotatable bonds is 4. The number of benzene rings is 1. The standard InChI is InChI=1S/C25H32N6O2/c1-16-10-9-11-20(17(16)2)30-18(3)19(4)31-21-22(26-24(30)31)27(5)25(33)29(23(21)32)15-14-28-12-7-6-8-13-28/h9-11H,6-8,12-15H2,1-5H3. The average molecular weight is 449 g/mol. The largest absolute Gasteiger partial charge is 0.332 e. The molecule has 4 heterocycles. The van der Waals surface area contributed by atoms with Crippen LogP contribution in [-0.4, -0.2) is 47.6 Å². The van der Waals surface area contributed by atoms with Gasteiger partial charge < -0.3 is 4.90 Å². The molecule has 8 heteroatoms.